The lowest BCUT2D eigenvalue weighted by molar-refractivity contribution is 0.388. The number of halogens is 1. The Hall–Kier alpha value is -0.890. The van der Waals surface area contributed by atoms with Crippen LogP contribution in [0.1, 0.15) is 5.56 Å². The van der Waals surface area contributed by atoms with Crippen LogP contribution >= 0.6 is 34.4 Å². The average molecular weight is 359 g/mol. The van der Waals surface area contributed by atoms with Gasteiger partial charge in [-0.3, -0.25) is 0 Å². The molecule has 0 aliphatic carbocycles. The van der Waals surface area contributed by atoms with Gasteiger partial charge in [0.2, 0.25) is 11.0 Å². The molecule has 1 heterocycles. The second kappa shape index (κ2) is 6.15. The number of hydrogen-bond donors (Lipinski definition) is 0. The van der Waals surface area contributed by atoms with Crippen LogP contribution in [0.25, 0.3) is 0 Å². The van der Waals surface area contributed by atoms with Crippen molar-refractivity contribution in [2.24, 2.45) is 0 Å². The first-order chi connectivity index (χ1) is 8.28. The van der Waals surface area contributed by atoms with E-state index in [4.69, 9.17) is 4.74 Å². The van der Waals surface area contributed by atoms with E-state index >= 15 is 0 Å². The number of nitrogens with zero attached hydrogens (tertiary/aromatic N) is 3. The van der Waals surface area contributed by atoms with Crippen LogP contribution in [0, 0.1) is 3.57 Å². The van der Waals surface area contributed by atoms with Crippen molar-refractivity contribution in [1.82, 2.24) is 15.2 Å². The molecular weight excluding hydrogens is 349 g/mol. The first kappa shape index (κ1) is 12.6. The summed E-state index contributed by atoms with van der Waals surface area (Å²) in [4.78, 5) is 4.19. The molecule has 88 valence electrons. The van der Waals surface area contributed by atoms with E-state index in [1.165, 1.54) is 15.3 Å². The predicted octanol–water partition coefficient (Wildman–Crippen LogP) is 2.78. The van der Waals surface area contributed by atoms with Crippen molar-refractivity contribution in [2.75, 3.05) is 7.11 Å². The quantitative estimate of drug-likeness (QED) is 0.621. The Labute approximate surface area is 117 Å². The maximum atomic E-state index is 5.00. The molecule has 4 nitrogen and oxygen atoms in total. The number of ether oxygens (including phenoxy) is 1. The van der Waals surface area contributed by atoms with E-state index in [0.717, 1.165) is 5.75 Å². The fourth-order valence-corrected chi connectivity index (χ4v) is 2.55. The predicted molar refractivity (Wildman–Crippen MR) is 75.1 cm³/mol. The molecule has 0 saturated carbocycles. The molecule has 0 amide bonds. The zero-order valence-electron chi connectivity index (χ0n) is 9.13. The van der Waals surface area contributed by atoms with Gasteiger partial charge in [0.15, 0.2) is 0 Å². The Balaban J connectivity index is 2.02. The van der Waals surface area contributed by atoms with Gasteiger partial charge in [-0.2, -0.15) is 10.1 Å². The van der Waals surface area contributed by atoms with Crippen LogP contribution in [0.3, 0.4) is 0 Å². The third-order valence-electron chi connectivity index (χ3n) is 1.98. The summed E-state index contributed by atoms with van der Waals surface area (Å²) in [5.74, 6) is 1.32. The summed E-state index contributed by atoms with van der Waals surface area (Å²) in [5.41, 5.74) is 1.24. The van der Waals surface area contributed by atoms with Gasteiger partial charge >= 0.3 is 0 Å². The van der Waals surface area contributed by atoms with Gasteiger partial charge in [0, 0.05) is 9.32 Å². The summed E-state index contributed by atoms with van der Waals surface area (Å²) in [7, 11) is 1.57. The summed E-state index contributed by atoms with van der Waals surface area (Å²) < 4.78 is 6.23. The van der Waals surface area contributed by atoms with E-state index in [9.17, 15) is 0 Å². The Morgan fingerprint density at radius 2 is 2.29 bits per heavy atom. The molecule has 2 rings (SSSR count). The summed E-state index contributed by atoms with van der Waals surface area (Å²) in [5, 5.41) is 8.40. The minimum absolute atomic E-state index is 0.491. The van der Waals surface area contributed by atoms with Crippen molar-refractivity contribution < 1.29 is 4.74 Å². The van der Waals surface area contributed by atoms with Gasteiger partial charge in [0.25, 0.3) is 0 Å². The zero-order valence-corrected chi connectivity index (χ0v) is 12.1. The highest BCUT2D eigenvalue weighted by Gasteiger charge is 2.02. The lowest BCUT2D eigenvalue weighted by Crippen LogP contribution is -1.94. The summed E-state index contributed by atoms with van der Waals surface area (Å²) in [6, 6.07) is 8.34. The van der Waals surface area contributed by atoms with Crippen molar-refractivity contribution in [3.8, 4) is 5.88 Å². The lowest BCUT2D eigenvalue weighted by atomic mass is 10.2. The van der Waals surface area contributed by atoms with Gasteiger partial charge in [-0.15, -0.1) is 5.10 Å². The maximum absolute atomic E-state index is 5.00. The van der Waals surface area contributed by atoms with Crippen LogP contribution in [0.2, 0.25) is 0 Å². The molecule has 0 N–H and O–H groups in total. The molecule has 0 bridgehead atoms. The molecule has 1 aromatic carbocycles. The van der Waals surface area contributed by atoms with Gasteiger partial charge in [0.1, 0.15) is 6.20 Å². The molecule has 1 aromatic heterocycles. The molecule has 2 aromatic rings. The van der Waals surface area contributed by atoms with Crippen LogP contribution in [-0.4, -0.2) is 22.3 Å². The van der Waals surface area contributed by atoms with Gasteiger partial charge in [0.05, 0.1) is 7.11 Å². The molecule has 0 radical (unpaired) electrons. The van der Waals surface area contributed by atoms with Crippen molar-refractivity contribution >= 4 is 34.4 Å². The van der Waals surface area contributed by atoms with E-state index < -0.39 is 0 Å². The number of hydrogen-bond acceptors (Lipinski definition) is 5. The van der Waals surface area contributed by atoms with E-state index in [1.807, 2.05) is 6.07 Å². The second-order valence-electron chi connectivity index (χ2n) is 3.20. The summed E-state index contributed by atoms with van der Waals surface area (Å²) in [6.07, 6.45) is 1.50. The monoisotopic (exact) mass is 359 g/mol. The number of thioether (sulfide) groups is 1. The number of aromatic nitrogens is 3. The van der Waals surface area contributed by atoms with Crippen molar-refractivity contribution in [2.45, 2.75) is 10.9 Å². The Morgan fingerprint density at radius 3 is 3.06 bits per heavy atom. The molecule has 0 spiro atoms. The number of methoxy groups -OCH3 is 1. The summed E-state index contributed by atoms with van der Waals surface area (Å²) in [6.45, 7) is 0. The molecule has 0 aliphatic heterocycles. The van der Waals surface area contributed by atoms with Crippen molar-refractivity contribution in [3.63, 3.8) is 0 Å². The minimum Gasteiger partial charge on any atom is -0.480 e. The molecule has 0 unspecified atom stereocenters. The van der Waals surface area contributed by atoms with Crippen LogP contribution < -0.4 is 4.74 Å². The molecular formula is C11H10IN3OS. The van der Waals surface area contributed by atoms with Gasteiger partial charge in [-0.1, -0.05) is 23.9 Å². The third kappa shape index (κ3) is 3.81. The average Bonchev–Trinajstić information content (AvgIpc) is 2.37. The third-order valence-corrected chi connectivity index (χ3v) is 3.56. The standard InChI is InChI=1S/C11H10IN3OS/c1-16-10-6-13-15-11(14-10)17-7-8-3-2-4-9(12)5-8/h2-6H,7H2,1H3. The van der Waals surface area contributed by atoms with Crippen LogP contribution in [0.5, 0.6) is 5.88 Å². The molecule has 0 fully saturated rings. The molecule has 0 atom stereocenters. The number of rotatable bonds is 4. The molecule has 0 aliphatic rings. The maximum Gasteiger partial charge on any atom is 0.236 e. The van der Waals surface area contributed by atoms with E-state index in [0.29, 0.717) is 11.0 Å². The first-order valence-electron chi connectivity index (χ1n) is 4.89. The highest BCUT2D eigenvalue weighted by atomic mass is 127. The normalized spacial score (nSPS) is 10.2. The van der Waals surface area contributed by atoms with Crippen molar-refractivity contribution in [1.29, 1.82) is 0 Å². The Morgan fingerprint density at radius 1 is 1.41 bits per heavy atom. The highest BCUT2D eigenvalue weighted by molar-refractivity contribution is 14.1. The second-order valence-corrected chi connectivity index (χ2v) is 5.39. The summed E-state index contributed by atoms with van der Waals surface area (Å²) >= 11 is 3.84. The fourth-order valence-electron chi connectivity index (χ4n) is 1.21. The van der Waals surface area contributed by atoms with Gasteiger partial charge < -0.3 is 4.74 Å². The van der Waals surface area contributed by atoms with Gasteiger partial charge in [-0.25, -0.2) is 0 Å². The van der Waals surface area contributed by atoms with Crippen molar-refractivity contribution in [3.05, 3.63) is 39.6 Å². The first-order valence-corrected chi connectivity index (χ1v) is 6.95. The van der Waals surface area contributed by atoms with E-state index in [-0.39, 0.29) is 0 Å². The topological polar surface area (TPSA) is 47.9 Å². The molecule has 17 heavy (non-hydrogen) atoms. The van der Waals surface area contributed by atoms with Crippen LogP contribution in [0.15, 0.2) is 35.6 Å². The van der Waals surface area contributed by atoms with Gasteiger partial charge in [-0.05, 0) is 40.3 Å². The minimum atomic E-state index is 0.491. The largest absolute Gasteiger partial charge is 0.480 e. The Bertz CT molecular complexity index is 510. The van der Waals surface area contributed by atoms with Crippen LogP contribution in [-0.2, 0) is 5.75 Å². The molecule has 0 saturated heterocycles. The molecule has 6 heteroatoms. The lowest BCUT2D eigenvalue weighted by Gasteiger charge is -2.02. The van der Waals surface area contributed by atoms with Crippen LogP contribution in [0.4, 0.5) is 0 Å². The number of benzene rings is 1. The van der Waals surface area contributed by atoms with E-state index in [1.54, 1.807) is 18.9 Å². The zero-order chi connectivity index (χ0) is 12.1. The highest BCUT2D eigenvalue weighted by Crippen LogP contribution is 2.20. The van der Waals surface area contributed by atoms with E-state index in [2.05, 4.69) is 56.0 Å². The SMILES string of the molecule is COc1cnnc(SCc2cccc(I)c2)n1. The fraction of sp³-hybridized carbons (Fsp3) is 0.182. The Kier molecular flexibility index (Phi) is 4.55. The smallest absolute Gasteiger partial charge is 0.236 e.